The molecule has 18 heavy (non-hydrogen) atoms. The zero-order chi connectivity index (χ0) is 9.28. The zero-order valence-corrected chi connectivity index (χ0v) is 13.5. The van der Waals surface area contributed by atoms with Crippen LogP contribution >= 0.6 is 21.0 Å². The predicted octanol–water partition coefficient (Wildman–Crippen LogP) is -2.42. The van der Waals surface area contributed by atoms with Gasteiger partial charge in [0.15, 0.2) is 0 Å². The van der Waals surface area contributed by atoms with E-state index in [2.05, 4.69) is 20.8 Å². The molecular weight excluding hydrogens is 338 g/mol. The molecule has 0 aliphatic carbocycles. The first kappa shape index (κ1) is 61.8. The first-order valence-electron chi connectivity index (χ1n) is 3.47. The van der Waals surface area contributed by atoms with Gasteiger partial charge in [-0.05, 0) is 0 Å². The average Bonchev–Trinajstić information content (AvgIpc) is 1.90. The molecule has 0 unspecified atom stereocenters. The van der Waals surface area contributed by atoms with Crippen LogP contribution in [-0.2, 0) is 13.9 Å². The van der Waals surface area contributed by atoms with Gasteiger partial charge >= 0.3 is 59.2 Å². The van der Waals surface area contributed by atoms with Gasteiger partial charge in [0.1, 0.15) is 0 Å². The van der Waals surface area contributed by atoms with Crippen LogP contribution in [-0.4, -0.2) is 47.5 Å². The van der Waals surface area contributed by atoms with Crippen LogP contribution in [0.3, 0.4) is 0 Å². The van der Waals surface area contributed by atoms with Gasteiger partial charge in [-0.25, -0.2) is 0 Å². The molecule has 0 aromatic rings. The van der Waals surface area contributed by atoms with Crippen LogP contribution in [0.25, 0.3) is 0 Å². The minimum atomic E-state index is -2.62. The van der Waals surface area contributed by atoms with Crippen LogP contribution in [0.2, 0.25) is 16.0 Å². The number of halogens is 1. The maximum Gasteiger partial charge on any atom is 0.324 e. The van der Waals surface area contributed by atoms with Gasteiger partial charge in [-0.15, -0.1) is 12.4 Å². The summed E-state index contributed by atoms with van der Waals surface area (Å²) in [5.41, 5.74) is 0. The molecule has 15 N–H and O–H groups in total. The molecule has 0 radical (unpaired) electrons. The van der Waals surface area contributed by atoms with Crippen molar-refractivity contribution in [2.45, 2.75) is 36.7 Å². The smallest absolute Gasteiger partial charge is 0.324 e. The van der Waals surface area contributed by atoms with Crippen molar-refractivity contribution in [2.75, 3.05) is 0 Å². The van der Waals surface area contributed by atoms with Gasteiger partial charge in [0.25, 0.3) is 0 Å². The Morgan fingerprint density at radius 2 is 0.778 bits per heavy atom. The van der Waals surface area contributed by atoms with Gasteiger partial charge in [0.2, 0.25) is 0 Å². The average molecular weight is 370 g/mol. The van der Waals surface area contributed by atoms with E-state index in [1.807, 2.05) is 0 Å². The molecule has 0 atom stereocenters. The minimum absolute atomic E-state index is 0. The van der Waals surface area contributed by atoms with E-state index in [-0.39, 0.29) is 45.3 Å². The van der Waals surface area contributed by atoms with Crippen LogP contribution < -0.4 is 0 Å². The predicted molar refractivity (Wildman–Crippen MR) is 74.0 cm³/mol. The normalized spacial score (nSPS) is 6.50. The third-order valence-corrected chi connectivity index (χ3v) is 4.37. The minimum Gasteiger partial charge on any atom is -0.412 e. The second kappa shape index (κ2) is 52.2. The van der Waals surface area contributed by atoms with Gasteiger partial charge in [0, 0.05) is 0 Å². The van der Waals surface area contributed by atoms with E-state index in [4.69, 9.17) is 14.7 Å². The van der Waals surface area contributed by atoms with Gasteiger partial charge in [0.05, 0.1) is 0 Å². The molecule has 0 heterocycles. The Morgan fingerprint density at radius 1 is 0.667 bits per heavy atom. The Bertz CT molecular complexity index is 73.8. The fraction of sp³-hybridized carbons (Fsp3) is 1.00. The van der Waals surface area contributed by atoms with Crippen LogP contribution in [0, 0.1) is 0 Å². The molecule has 0 aliphatic rings. The van der Waals surface area contributed by atoms with Crippen molar-refractivity contribution in [3.8, 4) is 0 Å². The van der Waals surface area contributed by atoms with E-state index >= 15 is 0 Å². The molecule has 9 nitrogen and oxygen atoms in total. The molecule has 129 valence electrons. The molecular formula is C6H31ClFeO9P. The first-order valence-corrected chi connectivity index (χ1v) is 7.01. The van der Waals surface area contributed by atoms with E-state index in [0.29, 0.717) is 13.9 Å². The van der Waals surface area contributed by atoms with Crippen molar-refractivity contribution in [3.05, 3.63) is 0 Å². The summed E-state index contributed by atoms with van der Waals surface area (Å²) in [5, 5.41) is 4.31. The van der Waals surface area contributed by atoms with Crippen molar-refractivity contribution in [1.82, 2.24) is 0 Å². The Kier molecular flexibility index (Phi) is 179. The van der Waals surface area contributed by atoms with Crippen LogP contribution in [0.1, 0.15) is 20.8 Å². The molecule has 0 amide bonds. The Hall–Kier alpha value is 0.879. The molecule has 0 saturated heterocycles. The summed E-state index contributed by atoms with van der Waals surface area (Å²) in [6.07, 6.45) is 0. The Labute approximate surface area is 119 Å². The molecule has 0 aromatic heterocycles. The fourth-order valence-corrected chi connectivity index (χ4v) is 2.19. The molecule has 0 rings (SSSR count). The Morgan fingerprint density at radius 3 is 0.778 bits per heavy atom. The maximum atomic E-state index is 7.23. The van der Waals surface area contributed by atoms with Crippen molar-refractivity contribution < 1.29 is 61.4 Å². The number of rotatable bonds is 3. The second-order valence-corrected chi connectivity index (χ2v) is 6.08. The molecule has 0 aliphatic heterocycles. The van der Waals surface area contributed by atoms with E-state index < -0.39 is 8.60 Å². The SMILES string of the molecule is C[CH2][Fe]([CH2]C)[CH2]C.Cl.O.O.O.O.O.O.OP(O)O. The van der Waals surface area contributed by atoms with Crippen molar-refractivity contribution in [3.63, 3.8) is 0 Å². The maximum absolute atomic E-state index is 7.23. The van der Waals surface area contributed by atoms with Crippen molar-refractivity contribution in [2.24, 2.45) is 0 Å². The number of hydrogen-bond acceptors (Lipinski definition) is 3. The summed E-state index contributed by atoms with van der Waals surface area (Å²) in [4.78, 5) is 21.7. The third kappa shape index (κ3) is 89.9. The Balaban J connectivity index is -0.00000000977. The second-order valence-electron chi connectivity index (χ2n) is 1.55. The summed E-state index contributed by atoms with van der Waals surface area (Å²) in [6.45, 7) is 6.90. The molecule has 0 saturated carbocycles. The van der Waals surface area contributed by atoms with Crippen LogP contribution in [0.4, 0.5) is 0 Å². The van der Waals surface area contributed by atoms with E-state index in [1.54, 1.807) is 0 Å². The first-order chi connectivity index (χ1) is 5.08. The van der Waals surface area contributed by atoms with Crippen LogP contribution in [0.15, 0.2) is 0 Å². The van der Waals surface area contributed by atoms with E-state index in [9.17, 15) is 0 Å². The monoisotopic (exact) mass is 369 g/mol. The summed E-state index contributed by atoms with van der Waals surface area (Å²) >= 11 is 0.292. The summed E-state index contributed by atoms with van der Waals surface area (Å²) in [7, 11) is -2.62. The molecule has 0 bridgehead atoms. The van der Waals surface area contributed by atoms with Gasteiger partial charge in [-0.2, -0.15) is 0 Å². The van der Waals surface area contributed by atoms with E-state index in [0.717, 1.165) is 0 Å². The fourth-order valence-electron chi connectivity index (χ4n) is 0.530. The van der Waals surface area contributed by atoms with Crippen molar-refractivity contribution >= 4 is 21.0 Å². The summed E-state index contributed by atoms with van der Waals surface area (Å²) in [6, 6.07) is 0. The summed E-state index contributed by atoms with van der Waals surface area (Å²) < 4.78 is 0. The van der Waals surface area contributed by atoms with E-state index in [1.165, 1.54) is 16.0 Å². The summed E-state index contributed by atoms with van der Waals surface area (Å²) in [5.74, 6) is 0. The standard InChI is InChI=1S/3C2H5.ClH.Fe.H3O3P.6H2O/c3*1-2;;;1-4(2)3;;;;;;/h3*1H2,2H3;1H;;1-3H;6*1H2. The molecule has 0 aromatic carbocycles. The third-order valence-electron chi connectivity index (χ3n) is 1.06. The van der Waals surface area contributed by atoms with Gasteiger partial charge in [-0.1, -0.05) is 0 Å². The molecule has 12 heteroatoms. The topological polar surface area (TPSA) is 250 Å². The quantitative estimate of drug-likeness (QED) is 0.363. The zero-order valence-electron chi connectivity index (χ0n) is 10.7. The molecule has 0 spiro atoms. The van der Waals surface area contributed by atoms with Crippen LogP contribution in [0.5, 0.6) is 0 Å². The van der Waals surface area contributed by atoms with Gasteiger partial charge < -0.3 is 47.5 Å². The molecule has 0 fully saturated rings. The van der Waals surface area contributed by atoms with Crippen molar-refractivity contribution in [1.29, 1.82) is 0 Å². The largest absolute Gasteiger partial charge is 0.412 e. The van der Waals surface area contributed by atoms with Gasteiger partial charge in [-0.3, -0.25) is 0 Å². The number of hydrogen-bond donors (Lipinski definition) is 3.